The number of carbonyl (C=O) groups excluding carboxylic acids is 3. The number of thiophene rings is 1. The van der Waals surface area contributed by atoms with E-state index in [1.54, 1.807) is 33.1 Å². The molecule has 2 amide bonds. The van der Waals surface area contributed by atoms with Gasteiger partial charge in [-0.05, 0) is 17.9 Å². The van der Waals surface area contributed by atoms with Crippen LogP contribution in [0.5, 0.6) is 0 Å². The SMILES string of the molecule is COC(=O)c1scc(C)c1NC(=O)CNC(=O)C(C)(C)C. The van der Waals surface area contributed by atoms with Crippen LogP contribution in [0, 0.1) is 12.3 Å². The Bertz CT molecular complexity index is 558. The Morgan fingerprint density at radius 3 is 2.43 bits per heavy atom. The van der Waals surface area contributed by atoms with Gasteiger partial charge in [-0.1, -0.05) is 20.8 Å². The van der Waals surface area contributed by atoms with Crippen LogP contribution in [0.15, 0.2) is 5.38 Å². The van der Waals surface area contributed by atoms with Crippen molar-refractivity contribution in [2.75, 3.05) is 19.0 Å². The molecule has 0 aliphatic heterocycles. The maximum Gasteiger partial charge on any atom is 0.350 e. The summed E-state index contributed by atoms with van der Waals surface area (Å²) in [5.41, 5.74) is 0.646. The normalized spacial score (nSPS) is 10.9. The molecule has 0 saturated carbocycles. The summed E-state index contributed by atoms with van der Waals surface area (Å²) < 4.78 is 4.67. The maximum absolute atomic E-state index is 11.9. The Balaban J connectivity index is 2.70. The van der Waals surface area contributed by atoms with E-state index < -0.39 is 11.4 Å². The van der Waals surface area contributed by atoms with E-state index in [1.807, 2.05) is 0 Å². The zero-order chi connectivity index (χ0) is 16.2. The lowest BCUT2D eigenvalue weighted by atomic mass is 9.96. The molecule has 0 bridgehead atoms. The van der Waals surface area contributed by atoms with Crippen LogP contribution in [0.1, 0.15) is 36.0 Å². The number of aryl methyl sites for hydroxylation is 1. The summed E-state index contributed by atoms with van der Waals surface area (Å²) in [5, 5.41) is 6.95. The molecule has 0 spiro atoms. The Kier molecular flexibility index (Phi) is 5.48. The first-order valence-corrected chi connectivity index (χ1v) is 7.29. The fourth-order valence-corrected chi connectivity index (χ4v) is 2.37. The lowest BCUT2D eigenvalue weighted by molar-refractivity contribution is -0.130. The van der Waals surface area contributed by atoms with Gasteiger partial charge < -0.3 is 15.4 Å². The zero-order valence-corrected chi connectivity index (χ0v) is 13.6. The van der Waals surface area contributed by atoms with Gasteiger partial charge in [0.25, 0.3) is 0 Å². The standard InChI is InChI=1S/C14H20N2O4S/c1-8-7-21-11(12(18)20-5)10(8)16-9(17)6-15-13(19)14(2,3)4/h7H,6H2,1-5H3,(H,15,19)(H,16,17). The Hall–Kier alpha value is -1.89. The highest BCUT2D eigenvalue weighted by Gasteiger charge is 2.22. The third kappa shape index (κ3) is 4.56. The summed E-state index contributed by atoms with van der Waals surface area (Å²) in [6, 6.07) is 0. The largest absolute Gasteiger partial charge is 0.465 e. The van der Waals surface area contributed by atoms with E-state index in [9.17, 15) is 14.4 Å². The van der Waals surface area contributed by atoms with Gasteiger partial charge in [-0.2, -0.15) is 0 Å². The summed E-state index contributed by atoms with van der Waals surface area (Å²) in [5.74, 6) is -1.10. The molecule has 1 aromatic rings. The fourth-order valence-electron chi connectivity index (χ4n) is 1.45. The van der Waals surface area contributed by atoms with Crippen LogP contribution in [0.3, 0.4) is 0 Å². The lowest BCUT2D eigenvalue weighted by Gasteiger charge is -2.17. The van der Waals surface area contributed by atoms with Gasteiger partial charge in [0.05, 0.1) is 19.3 Å². The summed E-state index contributed by atoms with van der Waals surface area (Å²) in [6.45, 7) is 6.92. The van der Waals surface area contributed by atoms with E-state index in [2.05, 4.69) is 15.4 Å². The van der Waals surface area contributed by atoms with E-state index in [4.69, 9.17) is 0 Å². The van der Waals surface area contributed by atoms with Crippen LogP contribution in [-0.4, -0.2) is 31.4 Å². The number of nitrogens with one attached hydrogen (secondary N) is 2. The average molecular weight is 312 g/mol. The van der Waals surface area contributed by atoms with Gasteiger partial charge in [-0.25, -0.2) is 4.79 Å². The number of anilines is 1. The molecule has 0 atom stereocenters. The van der Waals surface area contributed by atoms with Gasteiger partial charge in [0.1, 0.15) is 4.88 Å². The number of carbonyl (C=O) groups is 3. The molecule has 116 valence electrons. The third-order valence-corrected chi connectivity index (χ3v) is 3.78. The number of ether oxygens (including phenoxy) is 1. The van der Waals surface area contributed by atoms with Crippen molar-refractivity contribution in [1.82, 2.24) is 5.32 Å². The highest BCUT2D eigenvalue weighted by atomic mass is 32.1. The topological polar surface area (TPSA) is 84.5 Å². The molecule has 0 radical (unpaired) electrons. The van der Waals surface area contributed by atoms with Crippen molar-refractivity contribution in [2.24, 2.45) is 5.41 Å². The predicted octanol–water partition coefficient (Wildman–Crippen LogP) is 1.94. The molecule has 0 saturated heterocycles. The number of amides is 2. The second-order valence-electron chi connectivity index (χ2n) is 5.60. The van der Waals surface area contributed by atoms with Crippen LogP contribution < -0.4 is 10.6 Å². The van der Waals surface area contributed by atoms with Gasteiger partial charge in [-0.15, -0.1) is 11.3 Å². The second kappa shape index (κ2) is 6.71. The molecule has 0 aliphatic carbocycles. The molecule has 2 N–H and O–H groups in total. The van der Waals surface area contributed by atoms with Crippen LogP contribution in [-0.2, 0) is 14.3 Å². The first-order valence-electron chi connectivity index (χ1n) is 6.41. The highest BCUT2D eigenvalue weighted by molar-refractivity contribution is 7.12. The number of hydrogen-bond donors (Lipinski definition) is 2. The van der Waals surface area contributed by atoms with Crippen molar-refractivity contribution in [2.45, 2.75) is 27.7 Å². The molecule has 0 aromatic carbocycles. The van der Waals surface area contributed by atoms with E-state index in [1.165, 1.54) is 18.4 Å². The van der Waals surface area contributed by atoms with Crippen LogP contribution in [0.25, 0.3) is 0 Å². The average Bonchev–Trinajstić information content (AvgIpc) is 2.75. The van der Waals surface area contributed by atoms with Gasteiger partial charge in [0.2, 0.25) is 11.8 Å². The minimum Gasteiger partial charge on any atom is -0.465 e. The molecule has 21 heavy (non-hydrogen) atoms. The summed E-state index contributed by atoms with van der Waals surface area (Å²) in [6.07, 6.45) is 0. The monoisotopic (exact) mass is 312 g/mol. The van der Waals surface area contributed by atoms with E-state index >= 15 is 0 Å². The first-order chi connectivity index (χ1) is 9.66. The van der Waals surface area contributed by atoms with Gasteiger partial charge >= 0.3 is 5.97 Å². The van der Waals surface area contributed by atoms with Crippen molar-refractivity contribution in [3.8, 4) is 0 Å². The smallest absolute Gasteiger partial charge is 0.350 e. The van der Waals surface area contributed by atoms with Crippen molar-refractivity contribution >= 4 is 34.8 Å². The van der Waals surface area contributed by atoms with Crippen molar-refractivity contribution in [3.63, 3.8) is 0 Å². The molecule has 1 heterocycles. The molecule has 6 nitrogen and oxygen atoms in total. The molecular formula is C14H20N2O4S. The van der Waals surface area contributed by atoms with Gasteiger partial charge in [-0.3, -0.25) is 9.59 Å². The Morgan fingerprint density at radius 1 is 1.29 bits per heavy atom. The summed E-state index contributed by atoms with van der Waals surface area (Å²) >= 11 is 1.20. The minimum atomic E-state index is -0.560. The maximum atomic E-state index is 11.9. The molecule has 1 aromatic heterocycles. The van der Waals surface area contributed by atoms with Crippen LogP contribution >= 0.6 is 11.3 Å². The van der Waals surface area contributed by atoms with E-state index in [0.717, 1.165) is 5.56 Å². The number of methoxy groups -OCH3 is 1. The quantitative estimate of drug-likeness (QED) is 0.832. The number of hydrogen-bond acceptors (Lipinski definition) is 5. The molecular weight excluding hydrogens is 292 g/mol. The molecule has 7 heteroatoms. The highest BCUT2D eigenvalue weighted by Crippen LogP contribution is 2.28. The summed E-state index contributed by atoms with van der Waals surface area (Å²) in [4.78, 5) is 35.5. The van der Waals surface area contributed by atoms with Crippen LogP contribution in [0.4, 0.5) is 5.69 Å². The van der Waals surface area contributed by atoms with Crippen molar-refractivity contribution in [1.29, 1.82) is 0 Å². The number of esters is 1. The summed E-state index contributed by atoms with van der Waals surface area (Å²) in [7, 11) is 1.28. The molecule has 0 aliphatic rings. The zero-order valence-electron chi connectivity index (χ0n) is 12.8. The third-order valence-electron chi connectivity index (χ3n) is 2.70. The Labute approximate surface area is 127 Å². The minimum absolute atomic E-state index is 0.147. The lowest BCUT2D eigenvalue weighted by Crippen LogP contribution is -2.39. The van der Waals surface area contributed by atoms with Gasteiger partial charge in [0, 0.05) is 5.41 Å². The molecule has 0 fully saturated rings. The first kappa shape index (κ1) is 17.2. The van der Waals surface area contributed by atoms with E-state index in [-0.39, 0.29) is 18.4 Å². The molecule has 0 unspecified atom stereocenters. The Morgan fingerprint density at radius 2 is 1.90 bits per heavy atom. The van der Waals surface area contributed by atoms with Gasteiger partial charge in [0.15, 0.2) is 0 Å². The van der Waals surface area contributed by atoms with Crippen molar-refractivity contribution in [3.05, 3.63) is 15.8 Å². The second-order valence-corrected chi connectivity index (χ2v) is 6.47. The predicted molar refractivity (Wildman–Crippen MR) is 81.5 cm³/mol. The molecule has 1 rings (SSSR count). The number of rotatable bonds is 4. The fraction of sp³-hybridized carbons (Fsp3) is 0.500. The van der Waals surface area contributed by atoms with E-state index in [0.29, 0.717) is 10.6 Å². The van der Waals surface area contributed by atoms with Crippen LogP contribution in [0.2, 0.25) is 0 Å². The van der Waals surface area contributed by atoms with Crippen molar-refractivity contribution < 1.29 is 19.1 Å².